The highest BCUT2D eigenvalue weighted by Crippen LogP contribution is 2.36. The average Bonchev–Trinajstić information content (AvgIpc) is 2.99. The van der Waals surface area contributed by atoms with Crippen molar-refractivity contribution in [2.45, 2.75) is 53.9 Å². The quantitative estimate of drug-likeness (QED) is 0.565. The predicted octanol–water partition coefficient (Wildman–Crippen LogP) is 5.80. The van der Waals surface area contributed by atoms with E-state index in [-0.39, 0.29) is 5.41 Å². The minimum absolute atomic E-state index is 0.0399. The number of hydrogen-bond acceptors (Lipinski definition) is 0. The first-order valence-corrected chi connectivity index (χ1v) is 8.66. The van der Waals surface area contributed by atoms with Gasteiger partial charge in [0.25, 0.3) is 0 Å². The molecule has 0 spiro atoms. The Hall–Kier alpha value is -2.22. The lowest BCUT2D eigenvalue weighted by Crippen LogP contribution is -2.20. The van der Waals surface area contributed by atoms with Crippen molar-refractivity contribution >= 4 is 0 Å². The van der Waals surface area contributed by atoms with Gasteiger partial charge in [-0.2, -0.15) is 0 Å². The van der Waals surface area contributed by atoms with Crippen LogP contribution in [0.5, 0.6) is 0 Å². The molecule has 24 heavy (non-hydrogen) atoms. The summed E-state index contributed by atoms with van der Waals surface area (Å²) in [5, 5.41) is 0. The van der Waals surface area contributed by atoms with Gasteiger partial charge >= 0.3 is 0 Å². The van der Waals surface area contributed by atoms with Gasteiger partial charge in [0.1, 0.15) is 0 Å². The fourth-order valence-electron chi connectivity index (χ4n) is 3.77. The summed E-state index contributed by atoms with van der Waals surface area (Å²) < 4.78 is 4.75. The molecule has 0 aliphatic carbocycles. The van der Waals surface area contributed by atoms with Gasteiger partial charge in [-0.05, 0) is 69.5 Å². The zero-order valence-electron chi connectivity index (χ0n) is 15.9. The normalized spacial score (nSPS) is 12.0. The van der Waals surface area contributed by atoms with Crippen LogP contribution < -0.4 is 0 Å². The van der Waals surface area contributed by atoms with Gasteiger partial charge in [0, 0.05) is 28.3 Å². The SMILES string of the molecule is Cc1ccc(C)n1-c1cccc(-n2c(C)ccc2C)c1C(C)(C)C. The summed E-state index contributed by atoms with van der Waals surface area (Å²) in [5.41, 5.74) is 9.09. The number of rotatable bonds is 2. The fraction of sp³-hybridized carbons (Fsp3) is 0.364. The molecule has 2 heterocycles. The number of aromatic nitrogens is 2. The molecule has 3 rings (SSSR count). The molecule has 2 aromatic heterocycles. The van der Waals surface area contributed by atoms with Gasteiger partial charge in [-0.15, -0.1) is 0 Å². The van der Waals surface area contributed by atoms with E-state index in [0.29, 0.717) is 0 Å². The summed E-state index contributed by atoms with van der Waals surface area (Å²) in [6.07, 6.45) is 0. The Kier molecular flexibility index (Phi) is 3.95. The number of nitrogens with zero attached hydrogens (tertiary/aromatic N) is 2. The molecule has 2 nitrogen and oxygen atoms in total. The van der Waals surface area contributed by atoms with Gasteiger partial charge in [-0.25, -0.2) is 0 Å². The highest BCUT2D eigenvalue weighted by molar-refractivity contribution is 5.59. The maximum absolute atomic E-state index is 2.37. The van der Waals surface area contributed by atoms with Gasteiger partial charge in [0.05, 0.1) is 11.4 Å². The van der Waals surface area contributed by atoms with E-state index in [1.165, 1.54) is 39.7 Å². The van der Waals surface area contributed by atoms with Crippen LogP contribution in [0, 0.1) is 27.7 Å². The fourth-order valence-corrected chi connectivity index (χ4v) is 3.77. The molecule has 0 aliphatic rings. The molecule has 0 bridgehead atoms. The molecule has 2 heteroatoms. The highest BCUT2D eigenvalue weighted by Gasteiger charge is 2.25. The molecule has 0 saturated carbocycles. The molecule has 0 N–H and O–H groups in total. The van der Waals surface area contributed by atoms with Crippen molar-refractivity contribution < 1.29 is 0 Å². The number of aryl methyl sites for hydroxylation is 4. The van der Waals surface area contributed by atoms with Gasteiger partial charge in [-0.1, -0.05) is 26.8 Å². The third-order valence-corrected chi connectivity index (χ3v) is 4.79. The van der Waals surface area contributed by atoms with Gasteiger partial charge in [0.15, 0.2) is 0 Å². The van der Waals surface area contributed by atoms with Gasteiger partial charge < -0.3 is 9.13 Å². The zero-order chi connectivity index (χ0) is 17.6. The molecular weight excluding hydrogens is 292 g/mol. The van der Waals surface area contributed by atoms with E-state index >= 15 is 0 Å². The monoisotopic (exact) mass is 320 g/mol. The molecule has 1 aromatic carbocycles. The number of hydrogen-bond donors (Lipinski definition) is 0. The van der Waals surface area contributed by atoms with Crippen molar-refractivity contribution in [3.63, 3.8) is 0 Å². The van der Waals surface area contributed by atoms with Crippen molar-refractivity contribution in [2.24, 2.45) is 0 Å². The van der Waals surface area contributed by atoms with Crippen LogP contribution in [0.15, 0.2) is 42.5 Å². The van der Waals surface area contributed by atoms with E-state index in [0.717, 1.165) is 0 Å². The molecule has 0 saturated heterocycles. The lowest BCUT2D eigenvalue weighted by Gasteiger charge is -2.29. The minimum Gasteiger partial charge on any atom is -0.318 e. The second kappa shape index (κ2) is 5.70. The third kappa shape index (κ3) is 2.60. The second-order valence-corrected chi connectivity index (χ2v) is 7.82. The smallest absolute Gasteiger partial charge is 0.0513 e. The minimum atomic E-state index is 0.0399. The molecule has 126 valence electrons. The molecule has 0 unspecified atom stereocenters. The summed E-state index contributed by atoms with van der Waals surface area (Å²) in [5.74, 6) is 0. The molecular formula is C22H28N2. The number of benzene rings is 1. The maximum atomic E-state index is 2.37. The summed E-state index contributed by atoms with van der Waals surface area (Å²) in [6, 6.07) is 15.5. The van der Waals surface area contributed by atoms with E-state index in [4.69, 9.17) is 0 Å². The lowest BCUT2D eigenvalue weighted by molar-refractivity contribution is 0.580. The largest absolute Gasteiger partial charge is 0.318 e. The van der Waals surface area contributed by atoms with Crippen molar-refractivity contribution in [3.05, 3.63) is 70.8 Å². The van der Waals surface area contributed by atoms with Crippen LogP contribution in [-0.2, 0) is 5.41 Å². The van der Waals surface area contributed by atoms with Crippen LogP contribution in [0.25, 0.3) is 11.4 Å². The molecule has 0 atom stereocenters. The predicted molar refractivity (Wildman–Crippen MR) is 103 cm³/mol. The topological polar surface area (TPSA) is 9.86 Å². The van der Waals surface area contributed by atoms with Crippen molar-refractivity contribution in [1.82, 2.24) is 9.13 Å². The Labute approximate surface area is 145 Å². The summed E-state index contributed by atoms with van der Waals surface area (Å²) >= 11 is 0. The highest BCUT2D eigenvalue weighted by atomic mass is 15.0. The first kappa shape index (κ1) is 16.6. The van der Waals surface area contributed by atoms with Crippen LogP contribution in [0.3, 0.4) is 0 Å². The van der Waals surface area contributed by atoms with Crippen molar-refractivity contribution in [3.8, 4) is 11.4 Å². The van der Waals surface area contributed by atoms with E-state index in [1.54, 1.807) is 0 Å². The maximum Gasteiger partial charge on any atom is 0.0513 e. The van der Waals surface area contributed by atoms with Crippen LogP contribution >= 0.6 is 0 Å². The van der Waals surface area contributed by atoms with Crippen LogP contribution in [-0.4, -0.2) is 9.13 Å². The van der Waals surface area contributed by atoms with E-state index in [1.807, 2.05) is 0 Å². The van der Waals surface area contributed by atoms with Crippen molar-refractivity contribution in [1.29, 1.82) is 0 Å². The van der Waals surface area contributed by atoms with Crippen LogP contribution in [0.1, 0.15) is 49.1 Å². The summed E-state index contributed by atoms with van der Waals surface area (Å²) in [4.78, 5) is 0. The molecule has 0 radical (unpaired) electrons. The van der Waals surface area contributed by atoms with Crippen LogP contribution in [0.2, 0.25) is 0 Å². The Morgan fingerprint density at radius 2 is 0.917 bits per heavy atom. The standard InChI is InChI=1S/C22H28N2/c1-15-11-12-16(2)23(15)19-9-8-10-20(21(19)22(5,6)7)24-17(3)13-14-18(24)4/h8-14H,1-7H3. The van der Waals surface area contributed by atoms with Gasteiger partial charge in [0.2, 0.25) is 0 Å². The van der Waals surface area contributed by atoms with E-state index < -0.39 is 0 Å². The Bertz CT molecular complexity index is 782. The van der Waals surface area contributed by atoms with E-state index in [2.05, 4.69) is 100 Å². The van der Waals surface area contributed by atoms with E-state index in [9.17, 15) is 0 Å². The molecule has 0 aliphatic heterocycles. The second-order valence-electron chi connectivity index (χ2n) is 7.82. The first-order chi connectivity index (χ1) is 11.2. The Morgan fingerprint density at radius 1 is 0.583 bits per heavy atom. The lowest BCUT2D eigenvalue weighted by atomic mass is 9.84. The Morgan fingerprint density at radius 3 is 1.21 bits per heavy atom. The Balaban J connectivity index is 2.40. The first-order valence-electron chi connectivity index (χ1n) is 8.66. The molecule has 3 aromatic rings. The van der Waals surface area contributed by atoms with Gasteiger partial charge in [-0.3, -0.25) is 0 Å². The summed E-state index contributed by atoms with van der Waals surface area (Å²) in [7, 11) is 0. The third-order valence-electron chi connectivity index (χ3n) is 4.79. The zero-order valence-corrected chi connectivity index (χ0v) is 15.9. The molecule has 0 amide bonds. The van der Waals surface area contributed by atoms with Crippen LogP contribution in [0.4, 0.5) is 0 Å². The average molecular weight is 320 g/mol. The van der Waals surface area contributed by atoms with Crippen molar-refractivity contribution in [2.75, 3.05) is 0 Å². The summed E-state index contributed by atoms with van der Waals surface area (Å²) in [6.45, 7) is 15.6. The molecule has 0 fully saturated rings.